The van der Waals surface area contributed by atoms with Gasteiger partial charge >= 0.3 is 0 Å². The first-order valence-corrected chi connectivity index (χ1v) is 10.2. The highest BCUT2D eigenvalue weighted by atomic mass is 16.3. The highest BCUT2D eigenvalue weighted by Gasteiger charge is 2.31. The van der Waals surface area contributed by atoms with Crippen LogP contribution in [0.4, 0.5) is 11.8 Å². The van der Waals surface area contributed by atoms with Gasteiger partial charge in [-0.2, -0.15) is 4.98 Å². The minimum Gasteiger partial charge on any atom is -0.390 e. The van der Waals surface area contributed by atoms with Crippen LogP contribution in [0.2, 0.25) is 0 Å². The van der Waals surface area contributed by atoms with Crippen molar-refractivity contribution < 1.29 is 9.90 Å². The maximum atomic E-state index is 11.9. The number of aromatic nitrogens is 3. The molecule has 0 aliphatic heterocycles. The smallest absolute Gasteiger partial charge is 0.254 e. The number of primary amides is 1. The van der Waals surface area contributed by atoms with Crippen LogP contribution < -0.4 is 16.4 Å². The first-order valence-electron chi connectivity index (χ1n) is 10.2. The number of amides is 1. The quantitative estimate of drug-likeness (QED) is 0.609. The highest BCUT2D eigenvalue weighted by Crippen LogP contribution is 2.30. The molecule has 2 aromatic rings. The molecule has 0 bridgehead atoms. The van der Waals surface area contributed by atoms with Gasteiger partial charge in [-0.25, -0.2) is 4.98 Å². The lowest BCUT2D eigenvalue weighted by Gasteiger charge is -2.34. The highest BCUT2D eigenvalue weighted by molar-refractivity contribution is 5.97. The van der Waals surface area contributed by atoms with E-state index in [1.807, 2.05) is 19.2 Å². The topological polar surface area (TPSA) is 126 Å². The summed E-state index contributed by atoms with van der Waals surface area (Å²) in [7, 11) is 0. The molecule has 0 aromatic carbocycles. The lowest BCUT2D eigenvalue weighted by atomic mass is 9.83. The first-order chi connectivity index (χ1) is 13.9. The summed E-state index contributed by atoms with van der Waals surface area (Å²) < 4.78 is 0. The number of nitrogens with two attached hydrogens (primary N) is 1. The molecule has 0 unspecified atom stereocenters. The Labute approximate surface area is 170 Å². The fourth-order valence-corrected chi connectivity index (χ4v) is 4.39. The van der Waals surface area contributed by atoms with Crippen LogP contribution in [0, 0.1) is 0 Å². The van der Waals surface area contributed by atoms with Crippen molar-refractivity contribution in [2.75, 3.05) is 10.6 Å². The van der Waals surface area contributed by atoms with Crippen LogP contribution in [-0.2, 0) is 12.8 Å². The molecule has 154 valence electrons. The number of aliphatic hydroxyl groups is 1. The lowest BCUT2D eigenvalue weighted by Crippen LogP contribution is -2.38. The zero-order chi connectivity index (χ0) is 20.4. The Balaban J connectivity index is 1.50. The van der Waals surface area contributed by atoms with Crippen molar-refractivity contribution in [3.05, 3.63) is 41.3 Å². The molecular weight excluding hydrogens is 368 g/mol. The second-order valence-corrected chi connectivity index (χ2v) is 8.45. The minimum absolute atomic E-state index is 0.0345. The number of aryl methyl sites for hydroxylation is 1. The second-order valence-electron chi connectivity index (χ2n) is 8.45. The third kappa shape index (κ3) is 4.64. The number of anilines is 2. The fraction of sp³-hybridized carbons (Fsp3) is 0.524. The average molecular weight is 396 g/mol. The molecule has 2 heterocycles. The summed E-state index contributed by atoms with van der Waals surface area (Å²) in [5.74, 6) is 0.326. The summed E-state index contributed by atoms with van der Waals surface area (Å²) in [6, 6.07) is 4.30. The van der Waals surface area contributed by atoms with Gasteiger partial charge in [0.25, 0.3) is 5.91 Å². The Morgan fingerprint density at radius 3 is 2.93 bits per heavy atom. The molecule has 2 aromatic heterocycles. The Hall–Kier alpha value is -2.74. The largest absolute Gasteiger partial charge is 0.390 e. The molecule has 2 aliphatic rings. The third-order valence-corrected chi connectivity index (χ3v) is 5.86. The van der Waals surface area contributed by atoms with Gasteiger partial charge < -0.3 is 21.5 Å². The van der Waals surface area contributed by atoms with Gasteiger partial charge in [-0.05, 0) is 63.5 Å². The first kappa shape index (κ1) is 19.6. The molecule has 4 rings (SSSR count). The standard InChI is InChI=1S/C21H28N6O2/c1-21(29)8-2-5-15(11-21)25-19-16(18(22)28)12-24-20(27-19)26-14-6-7-17-13(10-14)4-3-9-23-17/h3-4,9,12,14-15,29H,2,5-8,10-11H2,1H3,(H2,22,28)(H2,24,25,26,27)/t14-,15-,21+/m1/s1. The molecule has 1 amide bonds. The summed E-state index contributed by atoms with van der Waals surface area (Å²) in [6.45, 7) is 1.85. The average Bonchev–Trinajstić information content (AvgIpc) is 2.67. The van der Waals surface area contributed by atoms with Crippen LogP contribution in [0.15, 0.2) is 24.5 Å². The van der Waals surface area contributed by atoms with Crippen LogP contribution in [0.5, 0.6) is 0 Å². The zero-order valence-electron chi connectivity index (χ0n) is 16.7. The van der Waals surface area contributed by atoms with E-state index in [-0.39, 0.29) is 17.6 Å². The number of hydrogen-bond acceptors (Lipinski definition) is 7. The van der Waals surface area contributed by atoms with E-state index in [2.05, 4.69) is 31.7 Å². The van der Waals surface area contributed by atoms with Gasteiger partial charge in [0.05, 0.1) is 11.2 Å². The van der Waals surface area contributed by atoms with Crippen LogP contribution in [-0.4, -0.2) is 43.7 Å². The van der Waals surface area contributed by atoms with Crippen molar-refractivity contribution in [2.45, 2.75) is 69.6 Å². The predicted molar refractivity (Wildman–Crippen MR) is 111 cm³/mol. The number of nitrogens with one attached hydrogen (secondary N) is 2. The third-order valence-electron chi connectivity index (χ3n) is 5.86. The van der Waals surface area contributed by atoms with E-state index in [0.29, 0.717) is 18.2 Å². The van der Waals surface area contributed by atoms with Crippen LogP contribution in [0.3, 0.4) is 0 Å². The number of rotatable bonds is 5. The van der Waals surface area contributed by atoms with Gasteiger partial charge in [0.15, 0.2) is 0 Å². The van der Waals surface area contributed by atoms with Crippen molar-refractivity contribution >= 4 is 17.7 Å². The van der Waals surface area contributed by atoms with Crippen molar-refractivity contribution in [1.29, 1.82) is 0 Å². The van der Waals surface area contributed by atoms with Gasteiger partial charge in [-0.1, -0.05) is 6.07 Å². The van der Waals surface area contributed by atoms with Crippen molar-refractivity contribution in [3.63, 3.8) is 0 Å². The van der Waals surface area contributed by atoms with Gasteiger partial charge in [-0.15, -0.1) is 0 Å². The number of carbonyl (C=O) groups excluding carboxylic acids is 1. The monoisotopic (exact) mass is 396 g/mol. The lowest BCUT2D eigenvalue weighted by molar-refractivity contribution is 0.0182. The second kappa shape index (κ2) is 7.94. The summed E-state index contributed by atoms with van der Waals surface area (Å²) in [5.41, 5.74) is 7.48. The molecule has 5 N–H and O–H groups in total. The Morgan fingerprint density at radius 2 is 2.14 bits per heavy atom. The van der Waals surface area contributed by atoms with E-state index in [9.17, 15) is 9.90 Å². The molecule has 2 aliphatic carbocycles. The number of fused-ring (bicyclic) bond motifs is 1. The Bertz CT molecular complexity index is 900. The molecule has 0 saturated heterocycles. The van der Waals surface area contributed by atoms with Crippen LogP contribution in [0.25, 0.3) is 0 Å². The molecule has 0 radical (unpaired) electrons. The maximum absolute atomic E-state index is 11.9. The molecular formula is C21H28N6O2. The van der Waals surface area contributed by atoms with Crippen LogP contribution >= 0.6 is 0 Å². The number of carbonyl (C=O) groups is 1. The molecule has 1 fully saturated rings. The van der Waals surface area contributed by atoms with Crippen LogP contribution in [0.1, 0.15) is 60.6 Å². The van der Waals surface area contributed by atoms with Gasteiger partial charge in [0.1, 0.15) is 5.82 Å². The van der Waals surface area contributed by atoms with E-state index in [4.69, 9.17) is 5.73 Å². The van der Waals surface area contributed by atoms with E-state index < -0.39 is 11.5 Å². The summed E-state index contributed by atoms with van der Waals surface area (Å²) >= 11 is 0. The molecule has 3 atom stereocenters. The van der Waals surface area contributed by atoms with Crippen molar-refractivity contribution in [1.82, 2.24) is 15.0 Å². The normalized spacial score (nSPS) is 26.4. The Kier molecular flexibility index (Phi) is 5.36. The molecule has 29 heavy (non-hydrogen) atoms. The maximum Gasteiger partial charge on any atom is 0.254 e. The van der Waals surface area contributed by atoms with Gasteiger partial charge in [0, 0.05) is 30.2 Å². The number of pyridine rings is 1. The fourth-order valence-electron chi connectivity index (χ4n) is 4.39. The Morgan fingerprint density at radius 1 is 1.28 bits per heavy atom. The van der Waals surface area contributed by atoms with Gasteiger partial charge in [-0.3, -0.25) is 9.78 Å². The molecule has 8 heteroatoms. The van der Waals surface area contributed by atoms with Gasteiger partial charge in [0.2, 0.25) is 5.95 Å². The van der Waals surface area contributed by atoms with Crippen molar-refractivity contribution in [3.8, 4) is 0 Å². The van der Waals surface area contributed by atoms with E-state index in [1.54, 1.807) is 0 Å². The SMILES string of the molecule is C[C@]1(O)CCC[C@@H](Nc2nc(N[C@@H]3CCc4ncccc4C3)ncc2C(N)=O)C1. The molecule has 8 nitrogen and oxygen atoms in total. The zero-order valence-corrected chi connectivity index (χ0v) is 16.7. The van der Waals surface area contributed by atoms with Crippen molar-refractivity contribution in [2.24, 2.45) is 5.73 Å². The molecule has 0 spiro atoms. The number of nitrogens with zero attached hydrogens (tertiary/aromatic N) is 3. The van der Waals surface area contributed by atoms with E-state index in [1.165, 1.54) is 11.8 Å². The summed E-state index contributed by atoms with van der Waals surface area (Å²) in [5, 5.41) is 17.1. The summed E-state index contributed by atoms with van der Waals surface area (Å²) in [4.78, 5) is 25.2. The number of hydrogen-bond donors (Lipinski definition) is 4. The van der Waals surface area contributed by atoms with E-state index in [0.717, 1.165) is 44.2 Å². The predicted octanol–water partition coefficient (Wildman–Crippen LogP) is 2.05. The minimum atomic E-state index is -0.708. The summed E-state index contributed by atoms with van der Waals surface area (Å²) in [6.07, 6.45) is 9.23. The van der Waals surface area contributed by atoms with E-state index >= 15 is 0 Å². The molecule has 1 saturated carbocycles.